The van der Waals surface area contributed by atoms with Crippen LogP contribution >= 0.6 is 0 Å². The third kappa shape index (κ3) is 3.57. The van der Waals surface area contributed by atoms with Gasteiger partial charge < -0.3 is 9.84 Å². The number of benzene rings is 1. The predicted molar refractivity (Wildman–Crippen MR) is 72.4 cm³/mol. The molecule has 1 heterocycles. The number of hydrogen-bond donors (Lipinski definition) is 1. The molecule has 20 heavy (non-hydrogen) atoms. The molecule has 0 saturated carbocycles. The molecule has 0 amide bonds. The molecule has 0 bridgehead atoms. The van der Waals surface area contributed by atoms with Crippen molar-refractivity contribution < 1.29 is 14.6 Å². The van der Waals surface area contributed by atoms with E-state index < -0.39 is 5.97 Å². The molecule has 6 nitrogen and oxygen atoms in total. The van der Waals surface area contributed by atoms with Crippen molar-refractivity contribution in [3.63, 3.8) is 0 Å². The van der Waals surface area contributed by atoms with Crippen LogP contribution in [0.25, 0.3) is 0 Å². The molecule has 1 aromatic heterocycles. The van der Waals surface area contributed by atoms with Crippen LogP contribution in [0.15, 0.2) is 30.6 Å². The summed E-state index contributed by atoms with van der Waals surface area (Å²) in [6.45, 7) is 3.13. The van der Waals surface area contributed by atoms with E-state index in [4.69, 9.17) is 9.84 Å². The molecule has 6 heteroatoms. The molecule has 1 N–H and O–H groups in total. The van der Waals surface area contributed by atoms with E-state index in [1.807, 2.05) is 6.07 Å². The van der Waals surface area contributed by atoms with Crippen LogP contribution in [-0.2, 0) is 24.4 Å². The highest BCUT2D eigenvalue weighted by atomic mass is 16.5. The van der Waals surface area contributed by atoms with Crippen LogP contribution in [0.5, 0.6) is 5.75 Å². The number of ether oxygens (including phenoxy) is 1. The fourth-order valence-electron chi connectivity index (χ4n) is 1.89. The zero-order valence-electron chi connectivity index (χ0n) is 11.3. The monoisotopic (exact) mass is 275 g/mol. The SMILES string of the molecule is CCCn1ncnc1COc1ccccc1CC(=O)O. The van der Waals surface area contributed by atoms with Crippen LogP contribution < -0.4 is 4.74 Å². The Morgan fingerprint density at radius 2 is 2.20 bits per heavy atom. The van der Waals surface area contributed by atoms with Crippen molar-refractivity contribution in [2.24, 2.45) is 0 Å². The second-order valence-electron chi connectivity index (χ2n) is 4.37. The Hall–Kier alpha value is -2.37. The lowest BCUT2D eigenvalue weighted by molar-refractivity contribution is -0.136. The Morgan fingerprint density at radius 3 is 2.95 bits per heavy atom. The molecule has 0 aliphatic carbocycles. The molecule has 0 atom stereocenters. The number of carboxylic acids is 1. The molecule has 0 unspecified atom stereocenters. The lowest BCUT2D eigenvalue weighted by atomic mass is 10.1. The van der Waals surface area contributed by atoms with Gasteiger partial charge in [0.1, 0.15) is 18.7 Å². The lowest BCUT2D eigenvalue weighted by Crippen LogP contribution is -2.10. The van der Waals surface area contributed by atoms with E-state index >= 15 is 0 Å². The molecule has 0 spiro atoms. The van der Waals surface area contributed by atoms with E-state index in [-0.39, 0.29) is 13.0 Å². The third-order valence-corrected chi connectivity index (χ3v) is 2.80. The first kappa shape index (κ1) is 14.0. The first-order chi connectivity index (χ1) is 9.70. The number of hydrogen-bond acceptors (Lipinski definition) is 4. The molecular weight excluding hydrogens is 258 g/mol. The van der Waals surface area contributed by atoms with Gasteiger partial charge in [-0.3, -0.25) is 4.79 Å². The minimum absolute atomic E-state index is 0.0577. The van der Waals surface area contributed by atoms with E-state index in [9.17, 15) is 4.79 Å². The smallest absolute Gasteiger partial charge is 0.307 e. The summed E-state index contributed by atoms with van der Waals surface area (Å²) >= 11 is 0. The standard InChI is InChI=1S/C14H17N3O3/c1-2-7-17-13(15-10-16-17)9-20-12-6-4-3-5-11(12)8-14(18)19/h3-6,10H,2,7-9H2,1H3,(H,18,19). The molecule has 0 aliphatic rings. The van der Waals surface area contributed by atoms with Gasteiger partial charge in [-0.15, -0.1) is 0 Å². The summed E-state index contributed by atoms with van der Waals surface area (Å²) < 4.78 is 7.47. The second-order valence-corrected chi connectivity index (χ2v) is 4.37. The zero-order chi connectivity index (χ0) is 14.4. The highest BCUT2D eigenvalue weighted by molar-refractivity contribution is 5.71. The van der Waals surface area contributed by atoms with Gasteiger partial charge in [-0.2, -0.15) is 5.10 Å². The highest BCUT2D eigenvalue weighted by Gasteiger charge is 2.09. The van der Waals surface area contributed by atoms with Gasteiger partial charge in [-0.25, -0.2) is 9.67 Å². The average molecular weight is 275 g/mol. The number of carboxylic acid groups (broad SMARTS) is 1. The first-order valence-corrected chi connectivity index (χ1v) is 6.50. The van der Waals surface area contributed by atoms with Crippen molar-refractivity contribution in [3.05, 3.63) is 42.0 Å². The number of nitrogens with zero attached hydrogens (tertiary/aromatic N) is 3. The number of rotatable bonds is 7. The van der Waals surface area contributed by atoms with Crippen molar-refractivity contribution in [1.82, 2.24) is 14.8 Å². The lowest BCUT2D eigenvalue weighted by Gasteiger charge is -2.10. The topological polar surface area (TPSA) is 77.2 Å². The third-order valence-electron chi connectivity index (χ3n) is 2.80. The summed E-state index contributed by atoms with van der Waals surface area (Å²) in [5, 5.41) is 13.0. The quantitative estimate of drug-likeness (QED) is 0.835. The molecule has 2 aromatic rings. The van der Waals surface area contributed by atoms with Gasteiger partial charge in [0.15, 0.2) is 5.82 Å². The van der Waals surface area contributed by atoms with Gasteiger partial charge >= 0.3 is 5.97 Å². The molecule has 0 aliphatic heterocycles. The maximum Gasteiger partial charge on any atom is 0.307 e. The van der Waals surface area contributed by atoms with Gasteiger partial charge in [-0.05, 0) is 12.5 Å². The van der Waals surface area contributed by atoms with Crippen molar-refractivity contribution >= 4 is 5.97 Å². The Balaban J connectivity index is 2.06. The number of carbonyl (C=O) groups is 1. The molecule has 1 aromatic carbocycles. The molecular formula is C14H17N3O3. The molecule has 0 radical (unpaired) electrons. The largest absolute Gasteiger partial charge is 0.485 e. The maximum absolute atomic E-state index is 10.8. The zero-order valence-corrected chi connectivity index (χ0v) is 11.3. The summed E-state index contributed by atoms with van der Waals surface area (Å²) in [5.74, 6) is 0.424. The van der Waals surface area contributed by atoms with Crippen LogP contribution in [-0.4, -0.2) is 25.8 Å². The Bertz CT molecular complexity index is 581. The molecule has 106 valence electrons. The fourth-order valence-corrected chi connectivity index (χ4v) is 1.89. The second kappa shape index (κ2) is 6.70. The molecule has 0 fully saturated rings. The van der Waals surface area contributed by atoms with Gasteiger partial charge in [0.2, 0.25) is 0 Å². The molecule has 2 rings (SSSR count). The van der Waals surface area contributed by atoms with Gasteiger partial charge in [-0.1, -0.05) is 25.1 Å². The van der Waals surface area contributed by atoms with Crippen LogP contribution in [0.3, 0.4) is 0 Å². The van der Waals surface area contributed by atoms with Crippen molar-refractivity contribution in [3.8, 4) is 5.75 Å². The van der Waals surface area contributed by atoms with Gasteiger partial charge in [0, 0.05) is 12.1 Å². The maximum atomic E-state index is 10.8. The van der Waals surface area contributed by atoms with Crippen LogP contribution in [0.4, 0.5) is 0 Å². The average Bonchev–Trinajstić information content (AvgIpc) is 2.85. The van der Waals surface area contributed by atoms with Crippen molar-refractivity contribution in [2.75, 3.05) is 0 Å². The van der Waals surface area contributed by atoms with E-state index in [0.29, 0.717) is 11.3 Å². The summed E-state index contributed by atoms with van der Waals surface area (Å²) in [7, 11) is 0. The predicted octanol–water partition coefficient (Wildman–Crippen LogP) is 1.89. The minimum Gasteiger partial charge on any atom is -0.485 e. The minimum atomic E-state index is -0.879. The van der Waals surface area contributed by atoms with Crippen LogP contribution in [0.2, 0.25) is 0 Å². The summed E-state index contributed by atoms with van der Waals surface area (Å²) in [4.78, 5) is 15.0. The number of aromatic nitrogens is 3. The van der Waals surface area contributed by atoms with Crippen molar-refractivity contribution in [2.45, 2.75) is 32.9 Å². The fraction of sp³-hybridized carbons (Fsp3) is 0.357. The van der Waals surface area contributed by atoms with Crippen LogP contribution in [0, 0.1) is 0 Å². The number of aliphatic carboxylic acids is 1. The number of aryl methyl sites for hydroxylation is 1. The van der Waals surface area contributed by atoms with E-state index in [1.54, 1.807) is 22.9 Å². The molecule has 0 saturated heterocycles. The highest BCUT2D eigenvalue weighted by Crippen LogP contribution is 2.19. The Kier molecular flexibility index (Phi) is 4.70. The van der Waals surface area contributed by atoms with Crippen molar-refractivity contribution in [1.29, 1.82) is 0 Å². The normalized spacial score (nSPS) is 10.4. The van der Waals surface area contributed by atoms with Gasteiger partial charge in [0.05, 0.1) is 6.42 Å². The van der Waals surface area contributed by atoms with Crippen LogP contribution in [0.1, 0.15) is 24.7 Å². The number of para-hydroxylation sites is 1. The van der Waals surface area contributed by atoms with Gasteiger partial charge in [0.25, 0.3) is 0 Å². The van der Waals surface area contributed by atoms with E-state index in [0.717, 1.165) is 18.8 Å². The van der Waals surface area contributed by atoms with E-state index in [1.165, 1.54) is 6.33 Å². The first-order valence-electron chi connectivity index (χ1n) is 6.50. The summed E-state index contributed by atoms with van der Waals surface area (Å²) in [6, 6.07) is 7.13. The van der Waals surface area contributed by atoms with E-state index in [2.05, 4.69) is 17.0 Å². The Morgan fingerprint density at radius 1 is 1.40 bits per heavy atom. The summed E-state index contributed by atoms with van der Waals surface area (Å²) in [6.07, 6.45) is 2.40. The summed E-state index contributed by atoms with van der Waals surface area (Å²) in [5.41, 5.74) is 0.654. The Labute approximate surface area is 117 Å².